The minimum atomic E-state index is -4.04. The molecule has 0 aromatic carbocycles. The summed E-state index contributed by atoms with van der Waals surface area (Å²) in [4.78, 5) is 14.7. The Kier molecular flexibility index (Phi) is 3.21. The molecule has 0 saturated carbocycles. The molecule has 2 aromatic rings. The number of aryl methyl sites for hydroxylation is 1. The topological polar surface area (TPSA) is 125 Å². The van der Waals surface area contributed by atoms with Crippen LogP contribution in [0.1, 0.15) is 15.9 Å². The van der Waals surface area contributed by atoms with Crippen LogP contribution in [0.4, 0.5) is 5.69 Å². The average Bonchev–Trinajstić information content (AvgIpc) is 2.82. The maximum Gasteiger partial charge on any atom is 0.340 e. The Morgan fingerprint density at radius 1 is 1.42 bits per heavy atom. The SMILES string of the molecule is Cc1cnccc1NS(=O)(=O)c1[nH]ncc1C(=O)O. The second-order valence-corrected chi connectivity index (χ2v) is 5.33. The first-order chi connectivity index (χ1) is 8.92. The monoisotopic (exact) mass is 282 g/mol. The zero-order valence-electron chi connectivity index (χ0n) is 9.78. The van der Waals surface area contributed by atoms with E-state index in [0.717, 1.165) is 6.20 Å². The van der Waals surface area contributed by atoms with Crippen molar-refractivity contribution in [3.8, 4) is 0 Å². The molecule has 0 fully saturated rings. The average molecular weight is 282 g/mol. The summed E-state index contributed by atoms with van der Waals surface area (Å²) in [6, 6.07) is 1.48. The molecule has 0 atom stereocenters. The fourth-order valence-electron chi connectivity index (χ4n) is 1.42. The van der Waals surface area contributed by atoms with Crippen LogP contribution in [-0.2, 0) is 10.0 Å². The molecule has 0 saturated heterocycles. The van der Waals surface area contributed by atoms with Gasteiger partial charge in [-0.25, -0.2) is 4.79 Å². The number of aromatic carboxylic acids is 1. The van der Waals surface area contributed by atoms with Gasteiger partial charge in [0.05, 0.1) is 11.9 Å². The summed E-state index contributed by atoms with van der Waals surface area (Å²) in [6.45, 7) is 1.68. The molecule has 0 aliphatic rings. The lowest BCUT2D eigenvalue weighted by atomic mass is 10.3. The molecule has 3 N–H and O–H groups in total. The van der Waals surface area contributed by atoms with Crippen molar-refractivity contribution in [2.75, 3.05) is 4.72 Å². The highest BCUT2D eigenvalue weighted by Gasteiger charge is 2.25. The lowest BCUT2D eigenvalue weighted by Crippen LogP contribution is -2.17. The van der Waals surface area contributed by atoms with Crippen molar-refractivity contribution in [3.63, 3.8) is 0 Å². The molecule has 9 heteroatoms. The Balaban J connectivity index is 2.41. The Bertz CT molecular complexity index is 723. The van der Waals surface area contributed by atoms with Crippen LogP contribution in [0.15, 0.2) is 29.7 Å². The summed E-state index contributed by atoms with van der Waals surface area (Å²) in [7, 11) is -4.04. The predicted molar refractivity (Wildman–Crippen MR) is 65.3 cm³/mol. The Labute approximate surface area is 108 Å². The molecule has 2 heterocycles. The maximum absolute atomic E-state index is 12.1. The lowest BCUT2D eigenvalue weighted by molar-refractivity contribution is 0.0692. The van der Waals surface area contributed by atoms with Gasteiger partial charge in [0.1, 0.15) is 5.56 Å². The zero-order chi connectivity index (χ0) is 14.0. The molecule has 0 radical (unpaired) electrons. The molecule has 0 unspecified atom stereocenters. The summed E-state index contributed by atoms with van der Waals surface area (Å²) in [6.07, 6.45) is 3.86. The van der Waals surface area contributed by atoms with E-state index in [0.29, 0.717) is 11.3 Å². The van der Waals surface area contributed by atoms with Gasteiger partial charge in [-0.15, -0.1) is 0 Å². The zero-order valence-corrected chi connectivity index (χ0v) is 10.6. The number of carboxylic acids is 1. The number of pyridine rings is 1. The summed E-state index contributed by atoms with van der Waals surface area (Å²) in [5.41, 5.74) is 0.516. The van der Waals surface area contributed by atoms with Crippen LogP contribution in [0.2, 0.25) is 0 Å². The number of aromatic nitrogens is 3. The number of rotatable bonds is 4. The highest BCUT2D eigenvalue weighted by Crippen LogP contribution is 2.19. The molecule has 0 aliphatic heterocycles. The standard InChI is InChI=1S/C10H10N4O4S/c1-6-4-11-3-2-8(6)14-19(17,18)9-7(10(15)16)5-12-13-9/h2-5H,1H3,(H,11,14)(H,12,13)(H,15,16). The number of nitrogens with one attached hydrogen (secondary N) is 2. The lowest BCUT2D eigenvalue weighted by Gasteiger charge is -2.08. The number of nitrogens with zero attached hydrogens (tertiary/aromatic N) is 2. The third kappa shape index (κ3) is 2.55. The number of anilines is 1. The van der Waals surface area contributed by atoms with Crippen molar-refractivity contribution in [2.24, 2.45) is 0 Å². The highest BCUT2D eigenvalue weighted by molar-refractivity contribution is 7.92. The first kappa shape index (κ1) is 13.0. The minimum absolute atomic E-state index is 0.320. The van der Waals surface area contributed by atoms with Crippen LogP contribution in [0.5, 0.6) is 0 Å². The predicted octanol–water partition coefficient (Wildman–Crippen LogP) is 0.612. The highest BCUT2D eigenvalue weighted by atomic mass is 32.2. The van der Waals surface area contributed by atoms with Gasteiger partial charge < -0.3 is 5.11 Å². The first-order valence-corrected chi connectivity index (χ1v) is 6.60. The fourth-order valence-corrected chi connectivity index (χ4v) is 2.64. The number of hydrogen-bond donors (Lipinski definition) is 3. The Morgan fingerprint density at radius 3 is 2.79 bits per heavy atom. The molecule has 8 nitrogen and oxygen atoms in total. The molecule has 100 valence electrons. The number of sulfonamides is 1. The van der Waals surface area contributed by atoms with E-state index in [1.54, 1.807) is 6.92 Å². The van der Waals surface area contributed by atoms with Gasteiger partial charge in [-0.3, -0.25) is 14.8 Å². The van der Waals surface area contributed by atoms with Gasteiger partial charge in [-0.1, -0.05) is 0 Å². The molecule has 2 rings (SSSR count). The first-order valence-electron chi connectivity index (χ1n) is 5.12. The molecule has 0 amide bonds. The fraction of sp³-hybridized carbons (Fsp3) is 0.100. The number of H-pyrrole nitrogens is 1. The molecule has 0 spiro atoms. The third-order valence-corrected chi connectivity index (χ3v) is 3.71. The van der Waals surface area contributed by atoms with Gasteiger partial charge in [0, 0.05) is 12.4 Å². The van der Waals surface area contributed by atoms with E-state index in [1.807, 2.05) is 0 Å². The van der Waals surface area contributed by atoms with Crippen molar-refractivity contribution in [2.45, 2.75) is 11.9 Å². The van der Waals surface area contributed by atoms with Crippen molar-refractivity contribution in [1.82, 2.24) is 15.2 Å². The van der Waals surface area contributed by atoms with Crippen molar-refractivity contribution < 1.29 is 18.3 Å². The molecule has 0 aliphatic carbocycles. The number of carboxylic acid groups (broad SMARTS) is 1. The van der Waals surface area contributed by atoms with Crippen LogP contribution in [0.3, 0.4) is 0 Å². The van der Waals surface area contributed by atoms with Gasteiger partial charge in [0.15, 0.2) is 5.03 Å². The van der Waals surface area contributed by atoms with E-state index in [4.69, 9.17) is 5.11 Å². The summed E-state index contributed by atoms with van der Waals surface area (Å²) in [5, 5.41) is 14.0. The van der Waals surface area contributed by atoms with Crippen molar-refractivity contribution in [1.29, 1.82) is 0 Å². The van der Waals surface area contributed by atoms with Crippen LogP contribution < -0.4 is 4.72 Å². The van der Waals surface area contributed by atoms with Crippen LogP contribution in [-0.4, -0.2) is 34.7 Å². The molecular weight excluding hydrogens is 272 g/mol. The maximum atomic E-state index is 12.1. The summed E-state index contributed by atoms with van der Waals surface area (Å²) < 4.78 is 26.4. The second-order valence-electron chi connectivity index (χ2n) is 3.71. The largest absolute Gasteiger partial charge is 0.478 e. The van der Waals surface area contributed by atoms with E-state index >= 15 is 0 Å². The number of carbonyl (C=O) groups is 1. The Hall–Kier alpha value is -2.42. The van der Waals surface area contributed by atoms with E-state index in [-0.39, 0.29) is 0 Å². The summed E-state index contributed by atoms with van der Waals surface area (Å²) in [5.74, 6) is -1.37. The van der Waals surface area contributed by atoms with E-state index in [9.17, 15) is 13.2 Å². The third-order valence-electron chi connectivity index (χ3n) is 2.37. The quantitative estimate of drug-likeness (QED) is 0.754. The van der Waals surface area contributed by atoms with E-state index < -0.39 is 26.6 Å². The molecule has 2 aromatic heterocycles. The van der Waals surface area contributed by atoms with Crippen LogP contribution in [0.25, 0.3) is 0 Å². The van der Waals surface area contributed by atoms with Crippen LogP contribution >= 0.6 is 0 Å². The summed E-state index contributed by atoms with van der Waals surface area (Å²) >= 11 is 0. The second kappa shape index (κ2) is 4.69. The van der Waals surface area contributed by atoms with Crippen molar-refractivity contribution >= 4 is 21.7 Å². The minimum Gasteiger partial charge on any atom is -0.478 e. The van der Waals surface area contributed by atoms with Gasteiger partial charge >= 0.3 is 5.97 Å². The van der Waals surface area contributed by atoms with Gasteiger partial charge in [-0.2, -0.15) is 13.5 Å². The van der Waals surface area contributed by atoms with Crippen LogP contribution in [0, 0.1) is 6.92 Å². The van der Waals surface area contributed by atoms with Crippen molar-refractivity contribution in [3.05, 3.63) is 35.8 Å². The molecule has 0 bridgehead atoms. The van der Waals surface area contributed by atoms with Gasteiger partial charge in [0.25, 0.3) is 10.0 Å². The molecular formula is C10H10N4O4S. The normalized spacial score (nSPS) is 11.2. The van der Waals surface area contributed by atoms with E-state index in [1.165, 1.54) is 18.5 Å². The smallest absolute Gasteiger partial charge is 0.340 e. The molecule has 19 heavy (non-hydrogen) atoms. The van der Waals surface area contributed by atoms with Gasteiger partial charge in [-0.05, 0) is 18.6 Å². The number of hydrogen-bond acceptors (Lipinski definition) is 5. The van der Waals surface area contributed by atoms with E-state index in [2.05, 4.69) is 19.9 Å². The van der Waals surface area contributed by atoms with Gasteiger partial charge in [0.2, 0.25) is 0 Å². The Morgan fingerprint density at radius 2 is 2.16 bits per heavy atom. The number of aromatic amines is 1.